The monoisotopic (exact) mass is 1380 g/mol. The van der Waals surface area contributed by atoms with Gasteiger partial charge in [-0.05, 0) is 126 Å². The number of unbranched alkanes of at least 4 members (excludes halogenated alkanes) is 3. The highest BCUT2D eigenvalue weighted by Crippen LogP contribution is 2.49. The SMILES string of the molecule is CC(NC(=O)C(NC(=O)C(CC1CCCCC1)NC(=O)c1ccno1)c1ccccc1)C(=O)NC(CCCN=C(N)N)C(=O)NC(CCCCNC(=O)CCCCCN1C(=CC=CC=CC2=[N+](C)c3ccc(S(=O)(=O)O)cc3C2(C)C)C(C)(C)c2cc(S(=O)(=O)O)ccc21)C(N)=O. The standard InChI is InChI=1S/C68H91N13O14S2/c1-43(75-65(88)59(45-24-13-8-14-25-45)79-63(86)52(40-44-22-11-7-12-23-44)78-64(87)55-35-38-74-95-55)61(84)77-51(27-21-37-73-66(70)71)62(85)76-50(60(69)83)26-18-19-36-72-58(82)30-17-10-20-39-81-54-34-32-47(97(92,93)94)42-49(54)68(4,5)57(81)29-16-9-15-28-56-67(2,3)48-41-46(96(89,90)91)31-33-53(48)80(56)6/h8-9,13-16,24-25,28-29,31-35,38,41-44,50-52,59H,7,10-12,17-23,26-27,30,36-37,39-40H2,1-6H3,(H13-,69,70,71,72,73,75,76,77,78,79,82,83,84,85,86,87,88,89,90,91,92,93,94)/p+1. The zero-order valence-electron chi connectivity index (χ0n) is 55.7. The molecule has 1 fully saturated rings. The van der Waals surface area contributed by atoms with Crippen molar-refractivity contribution in [3.8, 4) is 0 Å². The molecule has 7 amide bonds. The highest BCUT2D eigenvalue weighted by atomic mass is 32.2. The summed E-state index contributed by atoms with van der Waals surface area (Å²) in [7, 11) is -7.02. The van der Waals surface area contributed by atoms with Crippen LogP contribution in [-0.4, -0.2) is 140 Å². The molecule has 5 unspecified atom stereocenters. The van der Waals surface area contributed by atoms with Crippen molar-refractivity contribution in [3.63, 3.8) is 0 Å². The van der Waals surface area contributed by atoms with Crippen LogP contribution in [0, 0.1) is 5.92 Å². The summed E-state index contributed by atoms with van der Waals surface area (Å²) in [5.41, 5.74) is 20.7. The quantitative estimate of drug-likeness (QED) is 0.00691. The summed E-state index contributed by atoms with van der Waals surface area (Å²) < 4.78 is 75.1. The molecule has 5 atom stereocenters. The smallest absolute Gasteiger partial charge is 0.294 e. The van der Waals surface area contributed by atoms with E-state index in [1.807, 2.05) is 69.7 Å². The van der Waals surface area contributed by atoms with E-state index in [9.17, 15) is 59.5 Å². The first-order valence-electron chi connectivity index (χ1n) is 32.7. The van der Waals surface area contributed by atoms with E-state index in [4.69, 9.17) is 21.7 Å². The number of benzene rings is 3. The Balaban J connectivity index is 0.897. The summed E-state index contributed by atoms with van der Waals surface area (Å²) in [6, 6.07) is 12.7. The number of carbonyl (C=O) groups is 7. The molecule has 29 heteroatoms. The van der Waals surface area contributed by atoms with Gasteiger partial charge in [0.1, 0.15) is 37.3 Å². The Bertz CT molecular complexity index is 3900. The van der Waals surface area contributed by atoms with Crippen molar-refractivity contribution < 1.29 is 68.6 Å². The average Bonchev–Trinajstić information content (AvgIpc) is 1.60. The number of allylic oxidation sites excluding steroid dienone is 6. The van der Waals surface area contributed by atoms with Gasteiger partial charge in [-0.15, -0.1) is 0 Å². The molecule has 0 bridgehead atoms. The second-order valence-electron chi connectivity index (χ2n) is 25.8. The maximum absolute atomic E-state index is 14.2. The first-order valence-corrected chi connectivity index (χ1v) is 35.5. The highest BCUT2D eigenvalue weighted by Gasteiger charge is 2.44. The fourth-order valence-electron chi connectivity index (χ4n) is 12.6. The molecule has 1 aliphatic carbocycles. The molecule has 0 saturated heterocycles. The largest absolute Gasteiger partial charge is 0.370 e. The first kappa shape index (κ1) is 75.3. The molecule has 4 aromatic rings. The van der Waals surface area contributed by atoms with Gasteiger partial charge in [0.15, 0.2) is 11.7 Å². The van der Waals surface area contributed by atoms with E-state index in [2.05, 4.69) is 46.9 Å². The number of rotatable bonds is 34. The lowest BCUT2D eigenvalue weighted by Crippen LogP contribution is -2.57. The first-order chi connectivity index (χ1) is 45.9. The molecule has 0 radical (unpaired) electrons. The molecular weight excluding hydrogens is 1290 g/mol. The van der Waals surface area contributed by atoms with Crippen LogP contribution >= 0.6 is 0 Å². The summed E-state index contributed by atoms with van der Waals surface area (Å²) in [5, 5.41) is 20.0. The van der Waals surface area contributed by atoms with Gasteiger partial charge in [-0.25, -0.2) is 0 Å². The number of hydrogen-bond acceptors (Lipinski definition) is 15. The Labute approximate surface area is 566 Å². The van der Waals surface area contributed by atoms with Crippen molar-refractivity contribution in [3.05, 3.63) is 138 Å². The number of aromatic nitrogens is 1. The van der Waals surface area contributed by atoms with Gasteiger partial charge in [0.05, 0.1) is 21.4 Å². The maximum atomic E-state index is 14.2. The molecule has 2 aliphatic heterocycles. The number of anilines is 1. The van der Waals surface area contributed by atoms with E-state index >= 15 is 0 Å². The van der Waals surface area contributed by atoms with E-state index in [1.54, 1.807) is 42.5 Å². The average molecular weight is 1380 g/mol. The third-order valence-electron chi connectivity index (χ3n) is 18.0. The van der Waals surface area contributed by atoms with Gasteiger partial charge in [0, 0.05) is 66.6 Å². The second kappa shape index (κ2) is 33.7. The van der Waals surface area contributed by atoms with Crippen molar-refractivity contribution >= 4 is 84.6 Å². The molecule has 27 nitrogen and oxygen atoms in total. The Morgan fingerprint density at radius 1 is 0.711 bits per heavy atom. The van der Waals surface area contributed by atoms with Crippen molar-refractivity contribution in [2.24, 2.45) is 28.1 Å². The number of carbonyl (C=O) groups excluding carboxylic acids is 7. The number of nitrogens with one attached hydrogen (secondary N) is 6. The van der Waals surface area contributed by atoms with Crippen molar-refractivity contribution in [1.82, 2.24) is 37.1 Å². The van der Waals surface area contributed by atoms with Crippen LogP contribution in [0.5, 0.6) is 0 Å². The molecule has 0 spiro atoms. The van der Waals surface area contributed by atoms with Crippen LogP contribution in [-0.2, 0) is 59.8 Å². The van der Waals surface area contributed by atoms with Crippen molar-refractivity contribution in [2.75, 3.05) is 31.6 Å². The lowest BCUT2D eigenvalue weighted by atomic mass is 9.81. The summed E-state index contributed by atoms with van der Waals surface area (Å²) in [4.78, 5) is 101. The van der Waals surface area contributed by atoms with Gasteiger partial charge in [-0.3, -0.25) is 47.7 Å². The van der Waals surface area contributed by atoms with Crippen LogP contribution in [0.4, 0.5) is 11.4 Å². The van der Waals surface area contributed by atoms with E-state index < -0.39 is 96.7 Å². The normalized spacial score (nSPS) is 17.2. The van der Waals surface area contributed by atoms with Gasteiger partial charge < -0.3 is 58.5 Å². The van der Waals surface area contributed by atoms with Gasteiger partial charge in [0.25, 0.3) is 26.1 Å². The molecule has 524 valence electrons. The Hall–Kier alpha value is -9.06. The molecule has 1 saturated carbocycles. The Morgan fingerprint density at radius 2 is 1.37 bits per heavy atom. The molecule has 14 N–H and O–H groups in total. The number of nitrogens with two attached hydrogens (primary N) is 3. The number of nitrogens with zero attached hydrogens (tertiary/aromatic N) is 4. The number of hydrogen-bond donors (Lipinski definition) is 11. The van der Waals surface area contributed by atoms with E-state index in [0.29, 0.717) is 56.2 Å². The molecule has 97 heavy (non-hydrogen) atoms. The van der Waals surface area contributed by atoms with Crippen molar-refractivity contribution in [1.29, 1.82) is 0 Å². The number of guanidine groups is 1. The fraction of sp³-hybridized carbons (Fsp3) is 0.471. The lowest BCUT2D eigenvalue weighted by molar-refractivity contribution is -0.401. The summed E-state index contributed by atoms with van der Waals surface area (Å²) >= 11 is 0. The van der Waals surface area contributed by atoms with Crippen LogP contribution in [0.3, 0.4) is 0 Å². The third kappa shape index (κ3) is 20.5. The summed E-state index contributed by atoms with van der Waals surface area (Å²) in [5.74, 6) is -4.73. The van der Waals surface area contributed by atoms with E-state index in [0.717, 1.165) is 60.5 Å². The predicted molar refractivity (Wildman–Crippen MR) is 365 cm³/mol. The lowest BCUT2D eigenvalue weighted by Gasteiger charge is -2.28. The Morgan fingerprint density at radius 3 is 2.03 bits per heavy atom. The summed E-state index contributed by atoms with van der Waals surface area (Å²) in [6.45, 7) is 10.2. The number of aliphatic imine (C=N–C) groups is 1. The highest BCUT2D eigenvalue weighted by molar-refractivity contribution is 7.86. The van der Waals surface area contributed by atoms with E-state index in [1.165, 1.54) is 43.5 Å². The molecule has 3 aromatic carbocycles. The minimum atomic E-state index is -4.50. The Kier molecular flexibility index (Phi) is 26.2. The van der Waals surface area contributed by atoms with Gasteiger partial charge in [-0.2, -0.15) is 21.4 Å². The zero-order valence-corrected chi connectivity index (χ0v) is 57.3. The number of amides is 7. The molecule has 3 aliphatic rings. The number of fused-ring (bicyclic) bond motifs is 2. The van der Waals surface area contributed by atoms with E-state index in [-0.39, 0.29) is 72.1 Å². The van der Waals surface area contributed by atoms with Crippen LogP contribution in [0.25, 0.3) is 0 Å². The fourth-order valence-corrected chi connectivity index (χ4v) is 13.7. The molecular formula is C68H92N13O14S2+. The topological polar surface area (TPSA) is 423 Å². The number of primary amides is 1. The minimum absolute atomic E-state index is 0.00158. The van der Waals surface area contributed by atoms with Crippen LogP contribution in [0.1, 0.15) is 164 Å². The molecule has 7 rings (SSSR count). The molecule has 1 aromatic heterocycles. The van der Waals surface area contributed by atoms with Gasteiger partial charge in [0.2, 0.25) is 46.9 Å². The third-order valence-corrected chi connectivity index (χ3v) is 19.7. The van der Waals surface area contributed by atoms with Crippen LogP contribution in [0.2, 0.25) is 0 Å². The minimum Gasteiger partial charge on any atom is -0.370 e. The van der Waals surface area contributed by atoms with Crippen LogP contribution in [0.15, 0.2) is 134 Å². The van der Waals surface area contributed by atoms with Gasteiger partial charge in [-0.1, -0.05) is 106 Å². The predicted octanol–water partition coefficient (Wildman–Crippen LogP) is 5.45. The van der Waals surface area contributed by atoms with Gasteiger partial charge >= 0.3 is 0 Å². The molecule has 3 heterocycles. The zero-order chi connectivity index (χ0) is 70.8. The van der Waals surface area contributed by atoms with Crippen LogP contribution < -0.4 is 54.0 Å². The van der Waals surface area contributed by atoms with Crippen molar-refractivity contribution in [2.45, 2.75) is 182 Å². The maximum Gasteiger partial charge on any atom is 0.294 e. The summed E-state index contributed by atoms with van der Waals surface area (Å²) in [6.07, 6.45) is 19.1. The second-order valence-corrected chi connectivity index (χ2v) is 28.6.